The number of terminal acetylenes is 1. The van der Waals surface area contributed by atoms with Crippen molar-refractivity contribution in [2.45, 2.75) is 103 Å². The third-order valence-corrected chi connectivity index (χ3v) is 10.7. The summed E-state index contributed by atoms with van der Waals surface area (Å²) in [5.41, 5.74) is 7.29. The zero-order valence-corrected chi connectivity index (χ0v) is 31.3. The van der Waals surface area contributed by atoms with Crippen molar-refractivity contribution in [2.24, 2.45) is 11.8 Å². The molecule has 2 aliphatic carbocycles. The lowest BCUT2D eigenvalue weighted by atomic mass is 9.65. The largest absolute Gasteiger partial charge is 0.175 e. The van der Waals surface area contributed by atoms with Gasteiger partial charge in [-0.3, -0.25) is 0 Å². The van der Waals surface area contributed by atoms with E-state index >= 15 is 0 Å². The maximum absolute atomic E-state index is 5.49. The minimum atomic E-state index is 0.0176. The lowest BCUT2D eigenvalue weighted by Crippen LogP contribution is -2.32. The van der Waals surface area contributed by atoms with Crippen molar-refractivity contribution in [1.82, 2.24) is 0 Å². The third-order valence-electron chi connectivity index (χ3n) is 9.72. The van der Waals surface area contributed by atoms with Crippen LogP contribution in [0.4, 0.5) is 0 Å². The highest BCUT2D eigenvalue weighted by Gasteiger charge is 2.35. The highest BCUT2D eigenvalue weighted by Crippen LogP contribution is 2.42. The molecule has 0 aliphatic heterocycles. The first-order valence-electron chi connectivity index (χ1n) is 17.5. The quantitative estimate of drug-likeness (QED) is 0.109. The van der Waals surface area contributed by atoms with Gasteiger partial charge in [-0.05, 0) is 70.8 Å². The van der Waals surface area contributed by atoms with Gasteiger partial charge in [-0.2, -0.15) is 12.6 Å². The molecule has 47 heavy (non-hydrogen) atoms. The lowest BCUT2D eigenvalue weighted by molar-refractivity contribution is 0.348. The molecule has 1 saturated carbocycles. The topological polar surface area (TPSA) is 0 Å². The Labute approximate surface area is 298 Å². The van der Waals surface area contributed by atoms with E-state index in [-0.39, 0.29) is 10.8 Å². The molecular formula is C45H56S2. The second kappa shape index (κ2) is 18.4. The summed E-state index contributed by atoms with van der Waals surface area (Å²) in [6.07, 6.45) is 23.2. The van der Waals surface area contributed by atoms with E-state index in [1.54, 1.807) is 0 Å². The van der Waals surface area contributed by atoms with Gasteiger partial charge in [0.25, 0.3) is 0 Å². The zero-order chi connectivity index (χ0) is 34.5. The van der Waals surface area contributed by atoms with Gasteiger partial charge in [0.05, 0.1) is 4.86 Å². The van der Waals surface area contributed by atoms with E-state index in [0.717, 1.165) is 29.9 Å². The number of hydrogen-bond acceptors (Lipinski definition) is 2. The Morgan fingerprint density at radius 3 is 1.94 bits per heavy atom. The standard InChI is InChI=1S/C23H30S2.C20H20.C2H6/c1-6-21(24)16(2)19-12-17(13-20(15-19)23(3,4)5)14-22(25)18-10-8-7-9-11-18;1-20(17-11-5-2-6-12-17,18-13-7-3-8-14-18)19-15-9-4-10-16-19;1-2/h1,12-13,15,18,22,25H,2,7-11,14H2,3-5H3;2-15,19H,16H2,1H3;1-2H3. The minimum absolute atomic E-state index is 0.0176. The summed E-state index contributed by atoms with van der Waals surface area (Å²) in [6.45, 7) is 17.2. The average Bonchev–Trinajstić information content (AvgIpc) is 3.12. The van der Waals surface area contributed by atoms with Gasteiger partial charge >= 0.3 is 0 Å². The maximum atomic E-state index is 5.49. The molecule has 0 spiro atoms. The van der Waals surface area contributed by atoms with Crippen LogP contribution in [0.15, 0.2) is 110 Å². The molecule has 0 heterocycles. The molecule has 2 atom stereocenters. The molecule has 248 valence electrons. The Kier molecular flexibility index (Phi) is 15.0. The van der Waals surface area contributed by atoms with Crippen LogP contribution in [0.2, 0.25) is 0 Å². The Morgan fingerprint density at radius 2 is 1.45 bits per heavy atom. The van der Waals surface area contributed by atoms with Crippen molar-refractivity contribution < 1.29 is 0 Å². The van der Waals surface area contributed by atoms with Crippen molar-refractivity contribution in [1.29, 1.82) is 0 Å². The van der Waals surface area contributed by atoms with Crippen LogP contribution in [0.3, 0.4) is 0 Å². The smallest absolute Gasteiger partial charge is 0.0944 e. The summed E-state index contributed by atoms with van der Waals surface area (Å²) in [5, 5.41) is 0.413. The van der Waals surface area contributed by atoms with Crippen LogP contribution in [0, 0.1) is 24.2 Å². The predicted molar refractivity (Wildman–Crippen MR) is 216 cm³/mol. The summed E-state index contributed by atoms with van der Waals surface area (Å²) >= 11 is 10.2. The van der Waals surface area contributed by atoms with Crippen LogP contribution in [-0.2, 0) is 17.3 Å². The van der Waals surface area contributed by atoms with Gasteiger partial charge in [0.2, 0.25) is 0 Å². The van der Waals surface area contributed by atoms with Gasteiger partial charge in [-0.1, -0.05) is 189 Å². The number of thiol groups is 1. The first-order chi connectivity index (χ1) is 22.5. The molecule has 0 N–H and O–H groups in total. The molecule has 0 radical (unpaired) electrons. The van der Waals surface area contributed by atoms with E-state index in [9.17, 15) is 0 Å². The normalized spacial score (nSPS) is 16.9. The van der Waals surface area contributed by atoms with Crippen molar-refractivity contribution in [2.75, 3.05) is 0 Å². The second-order valence-corrected chi connectivity index (χ2v) is 15.0. The fraction of sp³-hybridized carbons (Fsp3) is 0.400. The third kappa shape index (κ3) is 10.4. The van der Waals surface area contributed by atoms with Gasteiger partial charge in [-0.15, -0.1) is 6.42 Å². The van der Waals surface area contributed by atoms with Crippen LogP contribution in [0.1, 0.15) is 108 Å². The van der Waals surface area contributed by atoms with Crippen molar-refractivity contribution >= 4 is 35.3 Å². The van der Waals surface area contributed by atoms with Crippen molar-refractivity contribution in [3.63, 3.8) is 0 Å². The number of benzene rings is 3. The van der Waals surface area contributed by atoms with E-state index in [1.165, 1.54) is 54.4 Å². The van der Waals surface area contributed by atoms with Gasteiger partial charge in [0, 0.05) is 16.2 Å². The Balaban J connectivity index is 0.000000247. The van der Waals surface area contributed by atoms with E-state index in [2.05, 4.69) is 143 Å². The molecule has 5 rings (SSSR count). The zero-order valence-electron chi connectivity index (χ0n) is 29.6. The molecule has 0 bridgehead atoms. The number of hydrogen-bond donors (Lipinski definition) is 1. The highest BCUT2D eigenvalue weighted by molar-refractivity contribution is 7.82. The summed E-state index contributed by atoms with van der Waals surface area (Å²) in [6, 6.07) is 28.4. The van der Waals surface area contributed by atoms with Crippen LogP contribution in [-0.4, -0.2) is 10.1 Å². The molecule has 1 fully saturated rings. The van der Waals surface area contributed by atoms with Gasteiger partial charge in [0.15, 0.2) is 0 Å². The van der Waals surface area contributed by atoms with Gasteiger partial charge in [-0.25, -0.2) is 0 Å². The van der Waals surface area contributed by atoms with E-state index < -0.39 is 0 Å². The minimum Gasteiger partial charge on any atom is -0.175 e. The molecule has 0 nitrogen and oxygen atoms in total. The van der Waals surface area contributed by atoms with Gasteiger partial charge in [0.1, 0.15) is 0 Å². The second-order valence-electron chi connectivity index (χ2n) is 13.9. The van der Waals surface area contributed by atoms with Crippen molar-refractivity contribution in [3.05, 3.63) is 138 Å². The Morgan fingerprint density at radius 1 is 0.872 bits per heavy atom. The first kappa shape index (κ1) is 38.3. The Bertz CT molecular complexity index is 1480. The predicted octanol–water partition coefficient (Wildman–Crippen LogP) is 12.6. The van der Waals surface area contributed by atoms with Crippen LogP contribution >= 0.6 is 24.8 Å². The summed E-state index contributed by atoms with van der Waals surface area (Å²) in [4.78, 5) is 0.492. The first-order valence-corrected chi connectivity index (χ1v) is 18.4. The number of rotatable bonds is 8. The number of allylic oxidation sites excluding steroid dienone is 5. The van der Waals surface area contributed by atoms with Crippen LogP contribution < -0.4 is 0 Å². The highest BCUT2D eigenvalue weighted by atomic mass is 32.1. The average molecular weight is 661 g/mol. The molecule has 2 aliphatic rings. The fourth-order valence-corrected chi connectivity index (χ4v) is 7.36. The van der Waals surface area contributed by atoms with Crippen molar-refractivity contribution in [3.8, 4) is 12.3 Å². The molecule has 0 saturated heterocycles. The SMILES string of the molecule is C#CC(=S)C(=C)c1cc(CC(S)C2CCCCC2)cc(C(C)(C)C)c1.CC.CC(c1ccccc1)(c1ccccc1)C1C=CC=CC1. The molecule has 0 amide bonds. The maximum Gasteiger partial charge on any atom is 0.0944 e. The molecular weight excluding hydrogens is 605 g/mol. The molecule has 0 aromatic heterocycles. The monoisotopic (exact) mass is 660 g/mol. The van der Waals surface area contributed by atoms with E-state index in [4.69, 9.17) is 31.3 Å². The molecule has 2 heteroatoms. The Hall–Kier alpha value is -3.12. The summed E-state index contributed by atoms with van der Waals surface area (Å²) in [5.74, 6) is 3.78. The number of thiocarbonyl (C=S) groups is 1. The van der Waals surface area contributed by atoms with Crippen LogP contribution in [0.25, 0.3) is 5.57 Å². The summed E-state index contributed by atoms with van der Waals surface area (Å²) < 4.78 is 0. The fourth-order valence-electron chi connectivity index (χ4n) is 6.73. The van der Waals surface area contributed by atoms with Crippen LogP contribution in [0.5, 0.6) is 0 Å². The van der Waals surface area contributed by atoms with E-state index in [0.29, 0.717) is 16.0 Å². The molecule has 3 aromatic carbocycles. The van der Waals surface area contributed by atoms with E-state index in [1.807, 2.05) is 13.8 Å². The summed E-state index contributed by atoms with van der Waals surface area (Å²) in [7, 11) is 0. The lowest BCUT2D eigenvalue weighted by Gasteiger charge is -2.38. The van der Waals surface area contributed by atoms with Gasteiger partial charge < -0.3 is 0 Å². The molecule has 2 unspecified atom stereocenters. The molecule has 3 aromatic rings.